The van der Waals surface area contributed by atoms with Gasteiger partial charge in [0.25, 0.3) is 0 Å². The predicted molar refractivity (Wildman–Crippen MR) is 140 cm³/mol. The van der Waals surface area contributed by atoms with E-state index in [2.05, 4.69) is 32.4 Å². The molecule has 0 aliphatic carbocycles. The Balaban J connectivity index is 1.51. The molecule has 0 aliphatic rings. The maximum Gasteiger partial charge on any atom is 0.226 e. The highest BCUT2D eigenvalue weighted by Gasteiger charge is 2.19. The maximum absolute atomic E-state index is 12.0. The molecule has 0 fully saturated rings. The minimum Gasteiger partial charge on any atom is -0.457 e. The third-order valence-corrected chi connectivity index (χ3v) is 5.30. The van der Waals surface area contributed by atoms with E-state index in [9.17, 15) is 4.79 Å². The van der Waals surface area contributed by atoms with Crippen LogP contribution in [0.4, 0.5) is 11.5 Å². The first-order valence-corrected chi connectivity index (χ1v) is 11.4. The van der Waals surface area contributed by atoms with Gasteiger partial charge >= 0.3 is 0 Å². The summed E-state index contributed by atoms with van der Waals surface area (Å²) < 4.78 is 5.99. The molecule has 2 N–H and O–H groups in total. The lowest BCUT2D eigenvalue weighted by molar-refractivity contribution is -0.128. The van der Waals surface area contributed by atoms with Gasteiger partial charge in [-0.3, -0.25) is 4.79 Å². The SMILES string of the molecule is Cc1cc(Nc2ncnc3ccc(C#CCNC(=O)C(C)(C)C)cc23)ccc1Oc1ccccc1. The van der Waals surface area contributed by atoms with Gasteiger partial charge in [-0.1, -0.05) is 50.8 Å². The second-order valence-electron chi connectivity index (χ2n) is 9.21. The number of nitrogens with zero attached hydrogens (tertiary/aromatic N) is 2. The Kier molecular flexibility index (Phi) is 6.98. The molecular weight excluding hydrogens is 436 g/mol. The van der Waals surface area contributed by atoms with Crippen LogP contribution in [0.5, 0.6) is 11.5 Å². The Morgan fingerprint density at radius 1 is 1.00 bits per heavy atom. The van der Waals surface area contributed by atoms with Gasteiger partial charge in [0.2, 0.25) is 5.91 Å². The van der Waals surface area contributed by atoms with Gasteiger partial charge in [0.1, 0.15) is 23.6 Å². The third-order valence-electron chi connectivity index (χ3n) is 5.30. The van der Waals surface area contributed by atoms with Crippen molar-refractivity contribution in [2.75, 3.05) is 11.9 Å². The predicted octanol–water partition coefficient (Wildman–Crippen LogP) is 5.99. The lowest BCUT2D eigenvalue weighted by Gasteiger charge is -2.16. The van der Waals surface area contributed by atoms with Gasteiger partial charge in [-0.25, -0.2) is 9.97 Å². The van der Waals surface area contributed by atoms with Gasteiger partial charge in [0.15, 0.2) is 0 Å². The van der Waals surface area contributed by atoms with Gasteiger partial charge in [0.05, 0.1) is 12.1 Å². The number of carbonyl (C=O) groups is 1. The summed E-state index contributed by atoms with van der Waals surface area (Å²) in [7, 11) is 0. The van der Waals surface area contributed by atoms with Crippen molar-refractivity contribution in [1.29, 1.82) is 0 Å². The molecule has 1 aromatic heterocycles. The van der Waals surface area contributed by atoms with Crippen molar-refractivity contribution in [2.45, 2.75) is 27.7 Å². The Morgan fingerprint density at radius 2 is 1.80 bits per heavy atom. The van der Waals surface area contributed by atoms with Crippen LogP contribution in [0.1, 0.15) is 31.9 Å². The molecule has 1 amide bonds. The molecular formula is C29H28N4O2. The number of para-hydroxylation sites is 1. The van der Waals surface area contributed by atoms with Crippen LogP contribution < -0.4 is 15.4 Å². The van der Waals surface area contributed by atoms with E-state index in [1.54, 1.807) is 0 Å². The number of ether oxygens (including phenoxy) is 1. The summed E-state index contributed by atoms with van der Waals surface area (Å²) in [4.78, 5) is 20.8. The first-order chi connectivity index (χ1) is 16.8. The fraction of sp³-hybridized carbons (Fsp3) is 0.207. The van der Waals surface area contributed by atoms with E-state index < -0.39 is 5.41 Å². The van der Waals surface area contributed by atoms with Crippen molar-refractivity contribution in [2.24, 2.45) is 5.41 Å². The Labute approximate surface area is 205 Å². The molecule has 0 spiro atoms. The number of aromatic nitrogens is 2. The second-order valence-corrected chi connectivity index (χ2v) is 9.21. The molecule has 0 saturated heterocycles. The van der Waals surface area contributed by atoms with Crippen LogP contribution in [0.2, 0.25) is 0 Å². The van der Waals surface area contributed by atoms with Gasteiger partial charge in [-0.05, 0) is 61.0 Å². The van der Waals surface area contributed by atoms with Crippen LogP contribution in [0.15, 0.2) is 73.1 Å². The lowest BCUT2D eigenvalue weighted by atomic mass is 9.96. The zero-order chi connectivity index (χ0) is 24.8. The van der Waals surface area contributed by atoms with Crippen molar-refractivity contribution in [3.8, 4) is 23.3 Å². The average Bonchev–Trinajstić information content (AvgIpc) is 2.84. The molecule has 4 aromatic rings. The standard InChI is InChI=1S/C29H28N4O2/c1-20-17-22(13-15-26(20)35-23-10-6-5-7-11-23)33-27-24-18-21(12-14-25(24)31-19-32-27)9-8-16-30-28(34)29(2,3)4/h5-7,10-15,17-19H,16H2,1-4H3,(H,30,34)(H,31,32,33). The molecule has 0 atom stereocenters. The van der Waals surface area contributed by atoms with E-state index in [4.69, 9.17) is 4.74 Å². The molecule has 0 aliphatic heterocycles. The quantitative estimate of drug-likeness (QED) is 0.355. The van der Waals surface area contributed by atoms with E-state index >= 15 is 0 Å². The Bertz CT molecular complexity index is 1410. The van der Waals surface area contributed by atoms with Crippen molar-refractivity contribution in [3.05, 3.63) is 84.2 Å². The van der Waals surface area contributed by atoms with Crippen molar-refractivity contribution < 1.29 is 9.53 Å². The molecule has 6 heteroatoms. The molecule has 3 aromatic carbocycles. The summed E-state index contributed by atoms with van der Waals surface area (Å²) in [5, 5.41) is 7.09. The summed E-state index contributed by atoms with van der Waals surface area (Å²) in [5.74, 6) is 8.38. The molecule has 0 bridgehead atoms. The molecule has 0 saturated carbocycles. The molecule has 4 rings (SSSR count). The van der Waals surface area contributed by atoms with Gasteiger partial charge in [-0.15, -0.1) is 0 Å². The average molecular weight is 465 g/mol. The van der Waals surface area contributed by atoms with Crippen LogP contribution in [0, 0.1) is 24.2 Å². The van der Waals surface area contributed by atoms with E-state index in [1.165, 1.54) is 6.33 Å². The zero-order valence-electron chi connectivity index (χ0n) is 20.3. The normalized spacial score (nSPS) is 10.9. The van der Waals surface area contributed by atoms with E-state index in [-0.39, 0.29) is 5.91 Å². The summed E-state index contributed by atoms with van der Waals surface area (Å²) in [6.45, 7) is 7.92. The van der Waals surface area contributed by atoms with Crippen molar-refractivity contribution >= 4 is 28.3 Å². The lowest BCUT2D eigenvalue weighted by Crippen LogP contribution is -2.34. The number of aryl methyl sites for hydroxylation is 1. The van der Waals surface area contributed by atoms with Crippen molar-refractivity contribution in [3.63, 3.8) is 0 Å². The van der Waals surface area contributed by atoms with Crippen molar-refractivity contribution in [1.82, 2.24) is 15.3 Å². The smallest absolute Gasteiger partial charge is 0.226 e. The maximum atomic E-state index is 12.0. The molecule has 6 nitrogen and oxygen atoms in total. The number of rotatable bonds is 5. The number of amides is 1. The third kappa shape index (κ3) is 6.15. The van der Waals surface area contributed by atoms with Crippen LogP contribution in [0.3, 0.4) is 0 Å². The summed E-state index contributed by atoms with van der Waals surface area (Å²) in [6, 6.07) is 21.4. The van der Waals surface area contributed by atoms with Crippen LogP contribution in [-0.2, 0) is 4.79 Å². The number of fused-ring (bicyclic) bond motifs is 1. The number of anilines is 2. The van der Waals surface area contributed by atoms with Gasteiger partial charge < -0.3 is 15.4 Å². The largest absolute Gasteiger partial charge is 0.457 e. The number of carbonyl (C=O) groups excluding carboxylic acids is 1. The number of benzene rings is 3. The first-order valence-electron chi connectivity index (χ1n) is 11.4. The number of hydrogen-bond acceptors (Lipinski definition) is 5. The Morgan fingerprint density at radius 3 is 2.54 bits per heavy atom. The highest BCUT2D eigenvalue weighted by molar-refractivity contribution is 5.91. The zero-order valence-corrected chi connectivity index (χ0v) is 20.3. The molecule has 1 heterocycles. The highest BCUT2D eigenvalue weighted by Crippen LogP contribution is 2.29. The second kappa shape index (κ2) is 10.3. The topological polar surface area (TPSA) is 76.1 Å². The number of hydrogen-bond donors (Lipinski definition) is 2. The van der Waals surface area contributed by atoms with Crippen LogP contribution in [0.25, 0.3) is 10.9 Å². The van der Waals surface area contributed by atoms with Crippen LogP contribution in [-0.4, -0.2) is 22.4 Å². The van der Waals surface area contributed by atoms with E-state index in [0.717, 1.165) is 39.2 Å². The molecule has 176 valence electrons. The highest BCUT2D eigenvalue weighted by atomic mass is 16.5. The first kappa shape index (κ1) is 23.8. The number of nitrogens with one attached hydrogen (secondary N) is 2. The minimum absolute atomic E-state index is 0.0271. The molecule has 35 heavy (non-hydrogen) atoms. The Hall–Kier alpha value is -4.37. The monoisotopic (exact) mass is 464 g/mol. The van der Waals surface area contributed by atoms with Gasteiger partial charge in [0, 0.05) is 22.1 Å². The van der Waals surface area contributed by atoms with E-state index in [1.807, 2.05) is 94.4 Å². The molecule has 0 unspecified atom stereocenters. The van der Waals surface area contributed by atoms with E-state index in [0.29, 0.717) is 12.4 Å². The van der Waals surface area contributed by atoms with Gasteiger partial charge in [-0.2, -0.15) is 0 Å². The summed E-state index contributed by atoms with van der Waals surface area (Å²) in [6.07, 6.45) is 1.54. The summed E-state index contributed by atoms with van der Waals surface area (Å²) >= 11 is 0. The molecule has 0 radical (unpaired) electrons. The summed E-state index contributed by atoms with van der Waals surface area (Å²) in [5.41, 5.74) is 3.09. The fourth-order valence-electron chi connectivity index (χ4n) is 3.36. The fourth-order valence-corrected chi connectivity index (χ4v) is 3.36. The van der Waals surface area contributed by atoms with Crippen LogP contribution >= 0.6 is 0 Å². The minimum atomic E-state index is -0.438.